The van der Waals surface area contributed by atoms with Crippen LogP contribution >= 0.6 is 0 Å². The number of hydrogen-bond donors (Lipinski definition) is 2. The van der Waals surface area contributed by atoms with Gasteiger partial charge in [-0.15, -0.1) is 0 Å². The average molecular weight is 256 g/mol. The molecule has 5 heteroatoms. The summed E-state index contributed by atoms with van der Waals surface area (Å²) in [5, 5.41) is 10.2. The Balaban J connectivity index is 1.57. The number of carbonyl (C=O) groups is 1. The third kappa shape index (κ3) is 3.20. The van der Waals surface area contributed by atoms with Crippen molar-refractivity contribution >= 4 is 11.6 Å². The number of aromatic nitrogens is 2. The Morgan fingerprint density at radius 1 is 1.32 bits per heavy atom. The SMILES string of the molecule is O=C(CNC1CC1)Nc1ccc(-n2cccn2)cc1. The molecule has 0 saturated heterocycles. The average Bonchev–Trinajstić information content (AvgIpc) is 3.10. The number of nitrogens with zero attached hydrogens (tertiary/aromatic N) is 2. The number of anilines is 1. The smallest absolute Gasteiger partial charge is 0.238 e. The van der Waals surface area contributed by atoms with Crippen LogP contribution in [-0.2, 0) is 4.79 Å². The lowest BCUT2D eigenvalue weighted by atomic mass is 10.3. The Bertz CT molecular complexity index is 543. The van der Waals surface area contributed by atoms with Gasteiger partial charge in [0.2, 0.25) is 5.91 Å². The normalized spacial score (nSPS) is 14.3. The van der Waals surface area contributed by atoms with Crippen molar-refractivity contribution in [2.24, 2.45) is 0 Å². The predicted octanol–water partition coefficient (Wildman–Crippen LogP) is 1.56. The van der Waals surface area contributed by atoms with Crippen LogP contribution in [0, 0.1) is 0 Å². The van der Waals surface area contributed by atoms with Gasteiger partial charge >= 0.3 is 0 Å². The standard InChI is InChI=1S/C14H16N4O/c19-14(10-15-11-2-3-11)17-12-4-6-13(7-5-12)18-9-1-8-16-18/h1,4-9,11,15H,2-3,10H2,(H,17,19). The van der Waals surface area contributed by atoms with Crippen molar-refractivity contribution in [1.29, 1.82) is 0 Å². The van der Waals surface area contributed by atoms with Gasteiger partial charge in [0.1, 0.15) is 0 Å². The molecule has 0 atom stereocenters. The monoisotopic (exact) mass is 256 g/mol. The molecule has 1 aromatic carbocycles. The van der Waals surface area contributed by atoms with E-state index < -0.39 is 0 Å². The summed E-state index contributed by atoms with van der Waals surface area (Å²) < 4.78 is 1.78. The Labute approximate surface area is 111 Å². The molecule has 0 bridgehead atoms. The van der Waals surface area contributed by atoms with Gasteiger partial charge in [0.15, 0.2) is 0 Å². The summed E-state index contributed by atoms with van der Waals surface area (Å²) in [4.78, 5) is 11.7. The van der Waals surface area contributed by atoms with Crippen LogP contribution in [0.1, 0.15) is 12.8 Å². The number of hydrogen-bond acceptors (Lipinski definition) is 3. The van der Waals surface area contributed by atoms with Crippen molar-refractivity contribution in [2.75, 3.05) is 11.9 Å². The number of nitrogens with one attached hydrogen (secondary N) is 2. The van der Waals surface area contributed by atoms with Gasteiger partial charge in [0, 0.05) is 24.1 Å². The highest BCUT2D eigenvalue weighted by Gasteiger charge is 2.21. The molecule has 1 fully saturated rings. The van der Waals surface area contributed by atoms with Crippen LogP contribution in [0.3, 0.4) is 0 Å². The van der Waals surface area contributed by atoms with Crippen molar-refractivity contribution in [3.05, 3.63) is 42.7 Å². The third-order valence-corrected chi connectivity index (χ3v) is 3.05. The first-order chi connectivity index (χ1) is 9.31. The molecule has 1 heterocycles. The van der Waals surface area contributed by atoms with Gasteiger partial charge in [-0.2, -0.15) is 5.10 Å². The maximum atomic E-state index is 11.7. The van der Waals surface area contributed by atoms with Gasteiger partial charge < -0.3 is 10.6 Å². The summed E-state index contributed by atoms with van der Waals surface area (Å²) in [6.07, 6.45) is 5.99. The molecule has 2 N–H and O–H groups in total. The highest BCUT2D eigenvalue weighted by atomic mass is 16.1. The van der Waals surface area contributed by atoms with Crippen LogP contribution in [0.25, 0.3) is 5.69 Å². The molecule has 0 spiro atoms. The summed E-state index contributed by atoms with van der Waals surface area (Å²) in [7, 11) is 0. The first-order valence-corrected chi connectivity index (χ1v) is 6.44. The van der Waals surface area contributed by atoms with E-state index in [2.05, 4.69) is 15.7 Å². The van der Waals surface area contributed by atoms with E-state index in [0.29, 0.717) is 12.6 Å². The quantitative estimate of drug-likeness (QED) is 0.853. The molecule has 1 amide bonds. The van der Waals surface area contributed by atoms with Gasteiger partial charge in [-0.05, 0) is 43.2 Å². The highest BCUT2D eigenvalue weighted by molar-refractivity contribution is 5.92. The van der Waals surface area contributed by atoms with Crippen LogP contribution in [0.4, 0.5) is 5.69 Å². The summed E-state index contributed by atoms with van der Waals surface area (Å²) in [5.74, 6) is -0.00117. The second-order valence-electron chi connectivity index (χ2n) is 4.70. The Morgan fingerprint density at radius 3 is 2.74 bits per heavy atom. The number of amides is 1. The van der Waals surface area contributed by atoms with E-state index in [0.717, 1.165) is 11.4 Å². The van der Waals surface area contributed by atoms with Gasteiger partial charge in [-0.1, -0.05) is 0 Å². The van der Waals surface area contributed by atoms with E-state index in [4.69, 9.17) is 0 Å². The topological polar surface area (TPSA) is 59.0 Å². The van der Waals surface area contributed by atoms with Crippen molar-refractivity contribution in [3.8, 4) is 5.69 Å². The Kier molecular flexibility index (Phi) is 3.29. The summed E-state index contributed by atoms with van der Waals surface area (Å²) in [6, 6.07) is 10.0. The van der Waals surface area contributed by atoms with Gasteiger partial charge in [0.05, 0.1) is 12.2 Å². The Morgan fingerprint density at radius 2 is 2.11 bits per heavy atom. The zero-order valence-electron chi connectivity index (χ0n) is 10.5. The van der Waals surface area contributed by atoms with Crippen LogP contribution in [0.15, 0.2) is 42.7 Å². The number of benzene rings is 1. The van der Waals surface area contributed by atoms with Gasteiger partial charge in [-0.3, -0.25) is 4.79 Å². The van der Waals surface area contributed by atoms with Crippen molar-refractivity contribution in [1.82, 2.24) is 15.1 Å². The van der Waals surface area contributed by atoms with Crippen LogP contribution in [0.2, 0.25) is 0 Å². The zero-order valence-corrected chi connectivity index (χ0v) is 10.5. The maximum absolute atomic E-state index is 11.7. The lowest BCUT2D eigenvalue weighted by molar-refractivity contribution is -0.115. The number of carbonyl (C=O) groups excluding carboxylic acids is 1. The van der Waals surface area contributed by atoms with Crippen molar-refractivity contribution in [2.45, 2.75) is 18.9 Å². The van der Waals surface area contributed by atoms with Crippen LogP contribution in [-0.4, -0.2) is 28.3 Å². The van der Waals surface area contributed by atoms with E-state index in [1.165, 1.54) is 12.8 Å². The molecule has 2 aromatic rings. The fourth-order valence-electron chi connectivity index (χ4n) is 1.85. The first kappa shape index (κ1) is 11.9. The molecule has 1 aromatic heterocycles. The van der Waals surface area contributed by atoms with E-state index >= 15 is 0 Å². The minimum atomic E-state index is -0.00117. The summed E-state index contributed by atoms with van der Waals surface area (Å²) in [5.41, 5.74) is 1.78. The molecule has 5 nitrogen and oxygen atoms in total. The molecule has 3 rings (SSSR count). The highest BCUT2D eigenvalue weighted by Crippen LogP contribution is 2.18. The van der Waals surface area contributed by atoms with E-state index in [1.807, 2.05) is 36.5 Å². The van der Waals surface area contributed by atoms with Crippen LogP contribution < -0.4 is 10.6 Å². The van der Waals surface area contributed by atoms with Crippen molar-refractivity contribution < 1.29 is 4.79 Å². The first-order valence-electron chi connectivity index (χ1n) is 6.44. The zero-order chi connectivity index (χ0) is 13.1. The van der Waals surface area contributed by atoms with Crippen molar-refractivity contribution in [3.63, 3.8) is 0 Å². The van der Waals surface area contributed by atoms with E-state index in [9.17, 15) is 4.79 Å². The minimum absolute atomic E-state index is 0.00117. The lowest BCUT2D eigenvalue weighted by Gasteiger charge is -2.07. The van der Waals surface area contributed by atoms with Crippen LogP contribution in [0.5, 0.6) is 0 Å². The van der Waals surface area contributed by atoms with Gasteiger partial charge in [0.25, 0.3) is 0 Å². The maximum Gasteiger partial charge on any atom is 0.238 e. The molecule has 0 radical (unpaired) electrons. The fraction of sp³-hybridized carbons (Fsp3) is 0.286. The largest absolute Gasteiger partial charge is 0.325 e. The molecule has 1 aliphatic rings. The fourth-order valence-corrected chi connectivity index (χ4v) is 1.85. The lowest BCUT2D eigenvalue weighted by Crippen LogP contribution is -2.29. The molecular formula is C14H16N4O. The predicted molar refractivity (Wildman–Crippen MR) is 73.2 cm³/mol. The second kappa shape index (κ2) is 5.24. The third-order valence-electron chi connectivity index (χ3n) is 3.05. The minimum Gasteiger partial charge on any atom is -0.325 e. The molecule has 19 heavy (non-hydrogen) atoms. The summed E-state index contributed by atoms with van der Waals surface area (Å²) in [6.45, 7) is 0.381. The summed E-state index contributed by atoms with van der Waals surface area (Å²) >= 11 is 0. The molecule has 1 saturated carbocycles. The van der Waals surface area contributed by atoms with E-state index in [1.54, 1.807) is 10.9 Å². The molecule has 0 aliphatic heterocycles. The molecule has 98 valence electrons. The molecule has 0 unspecified atom stereocenters. The van der Waals surface area contributed by atoms with Gasteiger partial charge in [-0.25, -0.2) is 4.68 Å². The number of rotatable bonds is 5. The second-order valence-corrected chi connectivity index (χ2v) is 4.70. The Hall–Kier alpha value is -2.14. The molecule has 1 aliphatic carbocycles. The molecular weight excluding hydrogens is 240 g/mol. The van der Waals surface area contributed by atoms with E-state index in [-0.39, 0.29) is 5.91 Å².